The van der Waals surface area contributed by atoms with E-state index in [4.69, 9.17) is 4.74 Å². The molecule has 8 nitrogen and oxygen atoms in total. The van der Waals surface area contributed by atoms with Gasteiger partial charge in [-0.3, -0.25) is 19.2 Å². The van der Waals surface area contributed by atoms with Gasteiger partial charge in [0, 0.05) is 17.8 Å². The van der Waals surface area contributed by atoms with Crippen molar-refractivity contribution in [2.45, 2.75) is 70.5 Å². The molecule has 1 aliphatic carbocycles. The third-order valence-corrected chi connectivity index (χ3v) is 6.52. The Morgan fingerprint density at radius 1 is 1.12 bits per heavy atom. The molecule has 1 unspecified atom stereocenters. The highest BCUT2D eigenvalue weighted by atomic mass is 16.5. The van der Waals surface area contributed by atoms with Crippen LogP contribution in [0.15, 0.2) is 30.3 Å². The zero-order valence-electron chi connectivity index (χ0n) is 18.9. The number of nitrogens with zero attached hydrogens (tertiary/aromatic N) is 3. The molecule has 0 bridgehead atoms. The van der Waals surface area contributed by atoms with E-state index in [0.717, 1.165) is 31.2 Å². The van der Waals surface area contributed by atoms with Crippen molar-refractivity contribution in [3.8, 4) is 0 Å². The van der Waals surface area contributed by atoms with Crippen LogP contribution in [0.5, 0.6) is 0 Å². The molecule has 1 N–H and O–H groups in total. The van der Waals surface area contributed by atoms with E-state index in [1.54, 1.807) is 6.92 Å². The summed E-state index contributed by atoms with van der Waals surface area (Å²) in [5.41, 5.74) is 0.788. The monoisotopic (exact) mass is 438 g/mol. The first-order chi connectivity index (χ1) is 15.3. The minimum absolute atomic E-state index is 0.0492. The van der Waals surface area contributed by atoms with E-state index in [1.165, 1.54) is 35.6 Å². The fourth-order valence-corrected chi connectivity index (χ4v) is 4.65. The molecule has 1 aliphatic heterocycles. The smallest absolute Gasteiger partial charge is 0.358 e. The summed E-state index contributed by atoms with van der Waals surface area (Å²) >= 11 is 0. The topological polar surface area (TPSA) is 93.5 Å². The Morgan fingerprint density at radius 2 is 1.78 bits per heavy atom. The number of carbonyl (C=O) groups is 3. The van der Waals surface area contributed by atoms with Gasteiger partial charge < -0.3 is 10.1 Å². The van der Waals surface area contributed by atoms with Crippen molar-refractivity contribution >= 4 is 23.5 Å². The lowest BCUT2D eigenvalue weighted by molar-refractivity contribution is -0.127. The van der Waals surface area contributed by atoms with Crippen molar-refractivity contribution in [2.24, 2.45) is 0 Å². The number of hydrogen-bond donors (Lipinski definition) is 1. The van der Waals surface area contributed by atoms with E-state index in [0.29, 0.717) is 5.69 Å². The summed E-state index contributed by atoms with van der Waals surface area (Å²) in [4.78, 5) is 40.8. The molecule has 2 aliphatic rings. The molecule has 170 valence electrons. The molecule has 4 rings (SSSR count). The van der Waals surface area contributed by atoms with Crippen LogP contribution in [0.2, 0.25) is 0 Å². The minimum Gasteiger partial charge on any atom is -0.464 e. The van der Waals surface area contributed by atoms with Gasteiger partial charge in [-0.25, -0.2) is 4.79 Å². The SMILES string of the molecule is COC(=O)c1cc2n(n1)CC(C)(C(=O)NC1CCCCCC1)N(c1ccc(C)cc1)C2=O. The van der Waals surface area contributed by atoms with Gasteiger partial charge in [-0.2, -0.15) is 5.10 Å². The third-order valence-electron chi connectivity index (χ3n) is 6.52. The van der Waals surface area contributed by atoms with Crippen molar-refractivity contribution in [3.05, 3.63) is 47.3 Å². The van der Waals surface area contributed by atoms with E-state index in [2.05, 4.69) is 10.4 Å². The Kier molecular flexibility index (Phi) is 6.04. The Morgan fingerprint density at radius 3 is 2.41 bits per heavy atom. The second-order valence-electron chi connectivity index (χ2n) is 8.98. The highest BCUT2D eigenvalue weighted by Gasteiger charge is 2.49. The van der Waals surface area contributed by atoms with Crippen LogP contribution in [-0.4, -0.2) is 46.3 Å². The highest BCUT2D eigenvalue weighted by Crippen LogP contribution is 2.33. The molecule has 1 fully saturated rings. The quantitative estimate of drug-likeness (QED) is 0.584. The summed E-state index contributed by atoms with van der Waals surface area (Å²) in [6.45, 7) is 3.87. The highest BCUT2D eigenvalue weighted by molar-refractivity contribution is 6.12. The van der Waals surface area contributed by atoms with Gasteiger partial charge in [0.1, 0.15) is 11.2 Å². The average Bonchev–Trinajstić information content (AvgIpc) is 3.03. The zero-order valence-corrected chi connectivity index (χ0v) is 18.9. The lowest BCUT2D eigenvalue weighted by atomic mass is 9.93. The molecule has 1 aromatic carbocycles. The van der Waals surface area contributed by atoms with Crippen molar-refractivity contribution in [1.82, 2.24) is 15.1 Å². The molecule has 0 spiro atoms. The Balaban J connectivity index is 1.73. The van der Waals surface area contributed by atoms with Crippen molar-refractivity contribution in [3.63, 3.8) is 0 Å². The number of rotatable bonds is 4. The molecular weight excluding hydrogens is 408 g/mol. The number of methoxy groups -OCH3 is 1. The summed E-state index contributed by atoms with van der Waals surface area (Å²) in [6.07, 6.45) is 6.44. The number of aromatic nitrogens is 2. The van der Waals surface area contributed by atoms with Gasteiger partial charge in [0.15, 0.2) is 5.69 Å². The summed E-state index contributed by atoms with van der Waals surface area (Å²) in [5, 5.41) is 7.48. The van der Waals surface area contributed by atoms with E-state index < -0.39 is 11.5 Å². The van der Waals surface area contributed by atoms with Gasteiger partial charge >= 0.3 is 5.97 Å². The number of benzene rings is 1. The zero-order chi connectivity index (χ0) is 22.9. The lowest BCUT2D eigenvalue weighted by Gasteiger charge is -2.43. The number of ether oxygens (including phenoxy) is 1. The molecule has 0 radical (unpaired) electrons. The first kappa shape index (κ1) is 22.0. The average molecular weight is 439 g/mol. The summed E-state index contributed by atoms with van der Waals surface area (Å²) in [5.74, 6) is -1.20. The largest absolute Gasteiger partial charge is 0.464 e. The fourth-order valence-electron chi connectivity index (χ4n) is 4.65. The number of amides is 2. The molecule has 0 saturated heterocycles. The Bertz CT molecular complexity index is 1020. The first-order valence-corrected chi connectivity index (χ1v) is 11.2. The van der Waals surface area contributed by atoms with Crippen LogP contribution in [0, 0.1) is 6.92 Å². The van der Waals surface area contributed by atoms with Crippen LogP contribution in [0.25, 0.3) is 0 Å². The normalized spacial score (nSPS) is 21.6. The van der Waals surface area contributed by atoms with Crippen LogP contribution in [0.1, 0.15) is 72.0 Å². The minimum atomic E-state index is -1.20. The molecule has 1 aromatic heterocycles. The fraction of sp³-hybridized carbons (Fsp3) is 0.500. The number of carbonyl (C=O) groups excluding carboxylic acids is 3. The third kappa shape index (κ3) is 4.01. The van der Waals surface area contributed by atoms with E-state index in [1.807, 2.05) is 31.2 Å². The lowest BCUT2D eigenvalue weighted by Crippen LogP contribution is -2.65. The summed E-state index contributed by atoms with van der Waals surface area (Å²) < 4.78 is 6.22. The van der Waals surface area contributed by atoms with Crippen molar-refractivity contribution in [2.75, 3.05) is 12.0 Å². The molecule has 2 amide bonds. The predicted molar refractivity (Wildman–Crippen MR) is 120 cm³/mol. The Labute approximate surface area is 187 Å². The van der Waals surface area contributed by atoms with Crippen LogP contribution in [0.3, 0.4) is 0 Å². The molecule has 8 heteroatoms. The van der Waals surface area contributed by atoms with Crippen molar-refractivity contribution < 1.29 is 19.1 Å². The van der Waals surface area contributed by atoms with Gasteiger partial charge in [-0.1, -0.05) is 43.4 Å². The number of fused-ring (bicyclic) bond motifs is 1. The molecule has 2 heterocycles. The first-order valence-electron chi connectivity index (χ1n) is 11.2. The summed E-state index contributed by atoms with van der Waals surface area (Å²) in [6, 6.07) is 9.05. The maximum Gasteiger partial charge on any atom is 0.358 e. The van der Waals surface area contributed by atoms with Crippen LogP contribution in [-0.2, 0) is 16.1 Å². The van der Waals surface area contributed by atoms with Gasteiger partial charge in [0.05, 0.1) is 13.7 Å². The second-order valence-corrected chi connectivity index (χ2v) is 8.98. The molecule has 32 heavy (non-hydrogen) atoms. The predicted octanol–water partition coefficient (Wildman–Crippen LogP) is 3.24. The van der Waals surface area contributed by atoms with E-state index in [9.17, 15) is 14.4 Å². The van der Waals surface area contributed by atoms with Crippen molar-refractivity contribution in [1.29, 1.82) is 0 Å². The maximum absolute atomic E-state index is 13.7. The number of hydrogen-bond acceptors (Lipinski definition) is 5. The van der Waals surface area contributed by atoms with Gasteiger partial charge in [0.2, 0.25) is 5.91 Å². The van der Waals surface area contributed by atoms with Crippen LogP contribution >= 0.6 is 0 Å². The summed E-state index contributed by atoms with van der Waals surface area (Å²) in [7, 11) is 1.27. The number of aryl methyl sites for hydroxylation is 1. The van der Waals surface area contributed by atoms with Crippen LogP contribution in [0.4, 0.5) is 5.69 Å². The number of esters is 1. The number of anilines is 1. The van der Waals surface area contributed by atoms with E-state index in [-0.39, 0.29) is 35.8 Å². The van der Waals surface area contributed by atoms with Gasteiger partial charge in [-0.05, 0) is 38.8 Å². The molecule has 1 atom stereocenters. The number of nitrogens with one attached hydrogen (secondary N) is 1. The molecule has 2 aromatic rings. The van der Waals surface area contributed by atoms with Gasteiger partial charge in [-0.15, -0.1) is 0 Å². The standard InChI is InChI=1S/C24H30N4O4/c1-16-10-12-18(13-11-16)28-21(29)20-14-19(22(30)32-3)26-27(20)15-24(28,2)23(31)25-17-8-6-4-5-7-9-17/h10-14,17H,4-9,15H2,1-3H3,(H,25,31). The molecular formula is C24H30N4O4. The second kappa shape index (κ2) is 8.76. The van der Waals surface area contributed by atoms with E-state index >= 15 is 0 Å². The maximum atomic E-state index is 13.7. The van der Waals surface area contributed by atoms with Crippen LogP contribution < -0.4 is 10.2 Å². The van der Waals surface area contributed by atoms with Gasteiger partial charge in [0.25, 0.3) is 5.91 Å². The molecule has 1 saturated carbocycles. The Hall–Kier alpha value is -3.16.